The summed E-state index contributed by atoms with van der Waals surface area (Å²) in [4.78, 5) is 11.3. The smallest absolute Gasteiger partial charge is 0.248 e. The Morgan fingerprint density at radius 3 is 2.40 bits per heavy atom. The maximum atomic E-state index is 11.0. The van der Waals surface area contributed by atoms with E-state index in [0.29, 0.717) is 16.9 Å². The molecule has 0 atom stereocenters. The third-order valence-corrected chi connectivity index (χ3v) is 3.10. The van der Waals surface area contributed by atoms with E-state index in [1.165, 1.54) is 0 Å². The number of amides is 1. The van der Waals surface area contributed by atoms with Gasteiger partial charge in [-0.15, -0.1) is 0 Å². The molecular formula is C13H15N5OS. The van der Waals surface area contributed by atoms with E-state index in [1.807, 2.05) is 6.92 Å². The Labute approximate surface area is 121 Å². The van der Waals surface area contributed by atoms with Crippen molar-refractivity contribution >= 4 is 34.6 Å². The van der Waals surface area contributed by atoms with Crippen LogP contribution in [0, 0.1) is 6.92 Å². The molecular weight excluding hydrogens is 274 g/mol. The van der Waals surface area contributed by atoms with Crippen molar-refractivity contribution in [1.29, 1.82) is 0 Å². The zero-order chi connectivity index (χ0) is 14.9. The van der Waals surface area contributed by atoms with Crippen LogP contribution in [0.5, 0.6) is 0 Å². The lowest BCUT2D eigenvalue weighted by atomic mass is 10.2. The summed E-state index contributed by atoms with van der Waals surface area (Å²) in [6.07, 6.45) is 0. The molecule has 0 aliphatic carbocycles. The standard InChI is InChI=1S/C13H15N5OS/c1-7-10(12(15)20)13(18(2)17-7)16-9-5-3-8(4-6-9)11(14)19/h3-6,16H,1-2H3,(H2,14,19)(H2,15,20). The van der Waals surface area contributed by atoms with Gasteiger partial charge in [-0.05, 0) is 31.2 Å². The van der Waals surface area contributed by atoms with E-state index in [-0.39, 0.29) is 4.99 Å². The van der Waals surface area contributed by atoms with Gasteiger partial charge >= 0.3 is 0 Å². The van der Waals surface area contributed by atoms with Gasteiger partial charge in [0.05, 0.1) is 11.3 Å². The molecule has 0 radical (unpaired) electrons. The van der Waals surface area contributed by atoms with E-state index in [2.05, 4.69) is 10.4 Å². The molecule has 1 aromatic carbocycles. The van der Waals surface area contributed by atoms with Crippen LogP contribution in [-0.4, -0.2) is 20.7 Å². The maximum Gasteiger partial charge on any atom is 0.248 e. The van der Waals surface area contributed by atoms with Gasteiger partial charge in [0.1, 0.15) is 10.8 Å². The van der Waals surface area contributed by atoms with Crippen molar-refractivity contribution in [2.24, 2.45) is 18.5 Å². The number of hydrogen-bond donors (Lipinski definition) is 3. The predicted octanol–water partition coefficient (Wildman–Crippen LogP) is 1.21. The maximum absolute atomic E-state index is 11.0. The number of aromatic nitrogens is 2. The van der Waals surface area contributed by atoms with Gasteiger partial charge in [-0.3, -0.25) is 9.48 Å². The number of carbonyl (C=O) groups excluding carboxylic acids is 1. The lowest BCUT2D eigenvalue weighted by Crippen LogP contribution is -2.13. The Morgan fingerprint density at radius 1 is 1.30 bits per heavy atom. The van der Waals surface area contributed by atoms with Crippen LogP contribution in [0.1, 0.15) is 21.6 Å². The van der Waals surface area contributed by atoms with Crippen LogP contribution in [-0.2, 0) is 7.05 Å². The summed E-state index contributed by atoms with van der Waals surface area (Å²) >= 11 is 5.04. The van der Waals surface area contributed by atoms with Gasteiger partial charge in [0.15, 0.2) is 0 Å². The van der Waals surface area contributed by atoms with Crippen molar-refractivity contribution in [1.82, 2.24) is 9.78 Å². The normalized spacial score (nSPS) is 10.3. The Morgan fingerprint density at radius 2 is 1.90 bits per heavy atom. The predicted molar refractivity (Wildman–Crippen MR) is 82.1 cm³/mol. The van der Waals surface area contributed by atoms with E-state index in [0.717, 1.165) is 11.4 Å². The van der Waals surface area contributed by atoms with E-state index in [9.17, 15) is 4.79 Å². The van der Waals surface area contributed by atoms with Gasteiger partial charge in [-0.25, -0.2) is 0 Å². The molecule has 104 valence electrons. The number of benzene rings is 1. The molecule has 6 nitrogen and oxygen atoms in total. The number of rotatable bonds is 4. The molecule has 0 bridgehead atoms. The fourth-order valence-corrected chi connectivity index (χ4v) is 2.20. The first-order valence-electron chi connectivity index (χ1n) is 5.90. The Kier molecular flexibility index (Phi) is 3.71. The Bertz CT molecular complexity index is 675. The fraction of sp³-hybridized carbons (Fsp3) is 0.154. The molecule has 1 aromatic heterocycles. The lowest BCUT2D eigenvalue weighted by molar-refractivity contribution is 0.100. The van der Waals surface area contributed by atoms with Crippen LogP contribution in [0.2, 0.25) is 0 Å². The zero-order valence-electron chi connectivity index (χ0n) is 11.2. The number of nitrogens with zero attached hydrogens (tertiary/aromatic N) is 2. The summed E-state index contributed by atoms with van der Waals surface area (Å²) in [6, 6.07) is 6.81. The number of carbonyl (C=O) groups is 1. The summed E-state index contributed by atoms with van der Waals surface area (Å²) in [6.45, 7) is 1.84. The molecule has 0 spiro atoms. The van der Waals surface area contributed by atoms with Crippen molar-refractivity contribution in [3.63, 3.8) is 0 Å². The SMILES string of the molecule is Cc1nn(C)c(Nc2ccc(C(N)=O)cc2)c1C(N)=S. The number of thiocarbonyl (C=S) groups is 1. The minimum absolute atomic E-state index is 0.284. The van der Waals surface area contributed by atoms with E-state index < -0.39 is 5.91 Å². The van der Waals surface area contributed by atoms with Crippen LogP contribution >= 0.6 is 12.2 Å². The molecule has 0 aliphatic rings. The van der Waals surface area contributed by atoms with Crippen molar-refractivity contribution in [2.75, 3.05) is 5.32 Å². The highest BCUT2D eigenvalue weighted by molar-refractivity contribution is 7.80. The summed E-state index contributed by atoms with van der Waals surface area (Å²) in [5, 5.41) is 7.48. The molecule has 20 heavy (non-hydrogen) atoms. The second-order valence-electron chi connectivity index (χ2n) is 4.36. The second-order valence-corrected chi connectivity index (χ2v) is 4.80. The molecule has 7 heteroatoms. The largest absolute Gasteiger partial charge is 0.389 e. The molecule has 2 aromatic rings. The number of primary amides is 1. The van der Waals surface area contributed by atoms with Crippen LogP contribution in [0.3, 0.4) is 0 Å². The first kappa shape index (κ1) is 14.0. The van der Waals surface area contributed by atoms with E-state index in [1.54, 1.807) is 36.0 Å². The average Bonchev–Trinajstić information content (AvgIpc) is 2.64. The molecule has 5 N–H and O–H groups in total. The van der Waals surface area contributed by atoms with Crippen molar-refractivity contribution in [3.05, 3.63) is 41.1 Å². The topological polar surface area (TPSA) is 99.0 Å². The summed E-state index contributed by atoms with van der Waals surface area (Å²) < 4.78 is 1.67. The quantitative estimate of drug-likeness (QED) is 0.735. The second kappa shape index (κ2) is 5.30. The number of nitrogens with one attached hydrogen (secondary N) is 1. The van der Waals surface area contributed by atoms with Gasteiger partial charge in [0.2, 0.25) is 5.91 Å². The molecule has 1 heterocycles. The number of aryl methyl sites for hydroxylation is 2. The number of hydrogen-bond acceptors (Lipinski definition) is 4. The first-order valence-corrected chi connectivity index (χ1v) is 6.31. The molecule has 0 saturated carbocycles. The third-order valence-electron chi connectivity index (χ3n) is 2.90. The van der Waals surface area contributed by atoms with Crippen LogP contribution < -0.4 is 16.8 Å². The van der Waals surface area contributed by atoms with Gasteiger partial charge < -0.3 is 16.8 Å². The third kappa shape index (κ3) is 2.62. The first-order chi connectivity index (χ1) is 9.40. The van der Waals surface area contributed by atoms with Gasteiger partial charge in [0, 0.05) is 18.3 Å². The molecule has 0 unspecified atom stereocenters. The zero-order valence-corrected chi connectivity index (χ0v) is 12.0. The molecule has 0 saturated heterocycles. The number of anilines is 2. The summed E-state index contributed by atoms with van der Waals surface area (Å²) in [5.74, 6) is 0.249. The van der Waals surface area contributed by atoms with E-state index >= 15 is 0 Å². The fourth-order valence-electron chi connectivity index (χ4n) is 1.95. The van der Waals surface area contributed by atoms with Crippen molar-refractivity contribution in [3.8, 4) is 0 Å². The minimum Gasteiger partial charge on any atom is -0.389 e. The van der Waals surface area contributed by atoms with Crippen molar-refractivity contribution in [2.45, 2.75) is 6.92 Å². The highest BCUT2D eigenvalue weighted by atomic mass is 32.1. The highest BCUT2D eigenvalue weighted by Gasteiger charge is 2.15. The molecule has 0 aliphatic heterocycles. The van der Waals surface area contributed by atoms with E-state index in [4.69, 9.17) is 23.7 Å². The van der Waals surface area contributed by atoms with Gasteiger partial charge in [-0.2, -0.15) is 5.10 Å². The highest BCUT2D eigenvalue weighted by Crippen LogP contribution is 2.23. The van der Waals surface area contributed by atoms with Gasteiger partial charge in [-0.1, -0.05) is 12.2 Å². The van der Waals surface area contributed by atoms with Crippen LogP contribution in [0.25, 0.3) is 0 Å². The van der Waals surface area contributed by atoms with Crippen LogP contribution in [0.4, 0.5) is 11.5 Å². The average molecular weight is 289 g/mol. The van der Waals surface area contributed by atoms with Crippen molar-refractivity contribution < 1.29 is 4.79 Å². The van der Waals surface area contributed by atoms with Crippen LogP contribution in [0.15, 0.2) is 24.3 Å². The number of nitrogens with two attached hydrogens (primary N) is 2. The molecule has 1 amide bonds. The Hall–Kier alpha value is -2.41. The minimum atomic E-state index is -0.461. The lowest BCUT2D eigenvalue weighted by Gasteiger charge is -2.09. The molecule has 0 fully saturated rings. The molecule has 2 rings (SSSR count). The summed E-state index contributed by atoms with van der Waals surface area (Å²) in [7, 11) is 1.80. The monoisotopic (exact) mass is 289 g/mol. The Balaban J connectivity index is 2.35. The summed E-state index contributed by atoms with van der Waals surface area (Å²) in [5.41, 5.74) is 13.6. The van der Waals surface area contributed by atoms with Gasteiger partial charge in [0.25, 0.3) is 0 Å².